The van der Waals surface area contributed by atoms with Crippen molar-refractivity contribution in [2.24, 2.45) is 0 Å². The Morgan fingerprint density at radius 2 is 1.18 bits per heavy atom. The lowest BCUT2D eigenvalue weighted by Gasteiger charge is -2.24. The van der Waals surface area contributed by atoms with Crippen molar-refractivity contribution in [3.63, 3.8) is 0 Å². The molecule has 0 radical (unpaired) electrons. The molecule has 2 atom stereocenters. The number of carbonyl (C=O) groups excluding carboxylic acids is 1. The fourth-order valence-corrected chi connectivity index (χ4v) is 5.34. The molecule has 0 aromatic carbocycles. The van der Waals surface area contributed by atoms with Gasteiger partial charge < -0.3 is 18.9 Å². The van der Waals surface area contributed by atoms with Crippen LogP contribution in [0.3, 0.4) is 0 Å². The Kier molecular flexibility index (Phi) is 32.1. The minimum absolute atomic E-state index is 0.0776. The van der Waals surface area contributed by atoms with Crippen LogP contribution in [0.2, 0.25) is 0 Å². The number of esters is 1. The molecule has 0 aliphatic heterocycles. The zero-order chi connectivity index (χ0) is 36.3. The Morgan fingerprint density at radius 3 is 1.78 bits per heavy atom. The van der Waals surface area contributed by atoms with Gasteiger partial charge in [0.2, 0.25) is 0 Å². The quantitative estimate of drug-likeness (QED) is 0.0234. The molecule has 1 N–H and O–H groups in total. The third kappa shape index (κ3) is 37.3. The monoisotopic (exact) mass is 711 g/mol. The third-order valence-corrected chi connectivity index (χ3v) is 8.53. The second kappa shape index (κ2) is 33.3. The van der Waals surface area contributed by atoms with Gasteiger partial charge in [-0.25, -0.2) is 4.57 Å². The fraction of sp³-hybridized carbons (Fsp3) is 0.725. The number of hydrogen-bond donors (Lipinski definition) is 1. The van der Waals surface area contributed by atoms with Crippen LogP contribution >= 0.6 is 7.82 Å². The molecule has 0 heterocycles. The maximum absolute atomic E-state index is 12.6. The number of unbranched alkanes of at least 4 members (excludes halogenated alkanes) is 10. The first-order valence-corrected chi connectivity index (χ1v) is 20.5. The van der Waals surface area contributed by atoms with Crippen LogP contribution in [0.4, 0.5) is 0 Å². The summed E-state index contributed by atoms with van der Waals surface area (Å²) < 4.78 is 34.8. The average Bonchev–Trinajstić information content (AvgIpc) is 3.04. The molecule has 0 saturated carbocycles. The summed E-state index contributed by atoms with van der Waals surface area (Å²) in [6.45, 7) is 5.35. The van der Waals surface area contributed by atoms with Crippen LogP contribution in [0.25, 0.3) is 0 Å². The molecule has 49 heavy (non-hydrogen) atoms. The Morgan fingerprint density at radius 1 is 0.653 bits per heavy atom. The molecule has 0 spiro atoms. The van der Waals surface area contributed by atoms with E-state index in [1.165, 1.54) is 25.7 Å². The van der Waals surface area contributed by atoms with Gasteiger partial charge in [0.05, 0.1) is 34.4 Å². The number of hydrogen-bond acceptors (Lipinski definition) is 6. The van der Waals surface area contributed by atoms with E-state index in [1.807, 2.05) is 21.1 Å². The first-order chi connectivity index (χ1) is 23.6. The number of likely N-dealkylation sites (N-methyl/N-ethyl adjacent to an activating group) is 1. The van der Waals surface area contributed by atoms with Crippen LogP contribution < -0.4 is 0 Å². The van der Waals surface area contributed by atoms with Crippen molar-refractivity contribution in [3.05, 3.63) is 60.8 Å². The Balaban J connectivity index is 4.39. The van der Waals surface area contributed by atoms with Gasteiger partial charge in [0, 0.05) is 13.0 Å². The van der Waals surface area contributed by atoms with Gasteiger partial charge in [-0.05, 0) is 70.6 Å². The molecular formula is C40H73NO7P+. The van der Waals surface area contributed by atoms with Gasteiger partial charge in [-0.3, -0.25) is 13.8 Å². The van der Waals surface area contributed by atoms with E-state index in [4.69, 9.17) is 18.5 Å². The van der Waals surface area contributed by atoms with E-state index in [1.54, 1.807) is 0 Å². The molecule has 8 nitrogen and oxygen atoms in total. The van der Waals surface area contributed by atoms with Crippen LogP contribution in [0.5, 0.6) is 0 Å². The topological polar surface area (TPSA) is 91.3 Å². The predicted molar refractivity (Wildman–Crippen MR) is 205 cm³/mol. The predicted octanol–water partition coefficient (Wildman–Crippen LogP) is 10.6. The van der Waals surface area contributed by atoms with E-state index >= 15 is 0 Å². The smallest absolute Gasteiger partial charge is 0.457 e. The average molecular weight is 711 g/mol. The highest BCUT2D eigenvalue weighted by Crippen LogP contribution is 2.43. The molecule has 0 amide bonds. The molecule has 0 aromatic heterocycles. The van der Waals surface area contributed by atoms with Crippen molar-refractivity contribution in [2.45, 2.75) is 136 Å². The largest absolute Gasteiger partial charge is 0.472 e. The molecule has 0 aliphatic rings. The number of nitrogens with zero attached hydrogens (tertiary/aromatic N) is 1. The van der Waals surface area contributed by atoms with Gasteiger partial charge in [0.1, 0.15) is 19.3 Å². The van der Waals surface area contributed by atoms with Crippen LogP contribution in [-0.4, -0.2) is 75.6 Å². The summed E-state index contributed by atoms with van der Waals surface area (Å²) in [4.78, 5) is 22.7. The van der Waals surface area contributed by atoms with Gasteiger partial charge in [0.25, 0.3) is 0 Å². The Labute approximate surface area is 300 Å². The summed E-state index contributed by atoms with van der Waals surface area (Å²) in [5, 5.41) is 0. The van der Waals surface area contributed by atoms with Gasteiger partial charge >= 0.3 is 13.8 Å². The number of quaternary nitrogens is 1. The minimum Gasteiger partial charge on any atom is -0.457 e. The fourth-order valence-electron chi connectivity index (χ4n) is 4.60. The number of ether oxygens (including phenoxy) is 2. The number of phosphoric ester groups is 1. The zero-order valence-electron chi connectivity index (χ0n) is 31.9. The highest BCUT2D eigenvalue weighted by Gasteiger charge is 2.26. The second-order valence-electron chi connectivity index (χ2n) is 13.6. The van der Waals surface area contributed by atoms with Crippen LogP contribution in [0.15, 0.2) is 60.8 Å². The Hall–Kier alpha value is -1.80. The first-order valence-electron chi connectivity index (χ1n) is 19.0. The summed E-state index contributed by atoms with van der Waals surface area (Å²) >= 11 is 0. The standard InChI is InChI=1S/C40H72NO7P/c1-6-8-10-12-14-16-18-20-22-24-26-28-30-32-35-45-37-39(38-47-49(43,44)46-36-34-41(3,4)5)48-40(42)33-31-29-27-25-23-21-19-17-15-13-11-9-7-2/h9-12,15-18,21,23,39H,6-8,13-14,19-20,22,24-38H2,1-5H3/p+1/b11-9-,12-10-,17-15-,18-16-,23-21-. The molecular weight excluding hydrogens is 637 g/mol. The molecule has 2 unspecified atom stereocenters. The summed E-state index contributed by atoms with van der Waals surface area (Å²) in [5.74, 6) is -0.350. The summed E-state index contributed by atoms with van der Waals surface area (Å²) in [5.41, 5.74) is 0. The van der Waals surface area contributed by atoms with Crippen molar-refractivity contribution >= 4 is 13.8 Å². The summed E-state index contributed by atoms with van der Waals surface area (Å²) in [7, 11) is 1.63. The van der Waals surface area contributed by atoms with Crippen molar-refractivity contribution < 1.29 is 37.3 Å². The van der Waals surface area contributed by atoms with E-state index in [2.05, 4.69) is 74.6 Å². The zero-order valence-corrected chi connectivity index (χ0v) is 32.8. The van der Waals surface area contributed by atoms with Gasteiger partial charge in [0.15, 0.2) is 0 Å². The van der Waals surface area contributed by atoms with E-state index in [-0.39, 0.29) is 32.2 Å². The lowest BCUT2D eigenvalue weighted by molar-refractivity contribution is -0.870. The molecule has 284 valence electrons. The second-order valence-corrected chi connectivity index (χ2v) is 15.0. The SMILES string of the molecule is CC/C=C\C/C=C\C/C=C\CCCCCC(=O)OC(COCCCCCCCC/C=C\C/C=C\CCC)COP(=O)(O)OCC[N+](C)(C)C. The van der Waals surface area contributed by atoms with Crippen molar-refractivity contribution in [1.29, 1.82) is 0 Å². The molecule has 0 aliphatic carbocycles. The van der Waals surface area contributed by atoms with E-state index < -0.39 is 13.9 Å². The number of allylic oxidation sites excluding steroid dienone is 10. The first kappa shape index (κ1) is 47.2. The number of phosphoric acid groups is 1. The van der Waals surface area contributed by atoms with E-state index in [0.29, 0.717) is 17.6 Å². The number of carbonyl (C=O) groups is 1. The van der Waals surface area contributed by atoms with E-state index in [9.17, 15) is 14.3 Å². The molecule has 0 aromatic rings. The normalized spacial score (nSPS) is 14.7. The number of rotatable bonds is 34. The highest BCUT2D eigenvalue weighted by molar-refractivity contribution is 7.47. The van der Waals surface area contributed by atoms with E-state index in [0.717, 1.165) is 83.5 Å². The lowest BCUT2D eigenvalue weighted by atomic mass is 10.1. The van der Waals surface area contributed by atoms with Gasteiger partial charge in [-0.2, -0.15) is 0 Å². The maximum atomic E-state index is 12.6. The Bertz CT molecular complexity index is 968. The summed E-state index contributed by atoms with van der Waals surface area (Å²) in [6, 6.07) is 0. The van der Waals surface area contributed by atoms with Crippen LogP contribution in [-0.2, 0) is 27.9 Å². The van der Waals surface area contributed by atoms with Crippen LogP contribution in [0.1, 0.15) is 129 Å². The molecule has 0 rings (SSSR count). The van der Waals surface area contributed by atoms with Crippen molar-refractivity contribution in [3.8, 4) is 0 Å². The van der Waals surface area contributed by atoms with Gasteiger partial charge in [-0.1, -0.05) is 113 Å². The third-order valence-electron chi connectivity index (χ3n) is 7.54. The van der Waals surface area contributed by atoms with Crippen molar-refractivity contribution in [2.75, 3.05) is 54.1 Å². The van der Waals surface area contributed by atoms with Crippen LogP contribution in [0, 0.1) is 0 Å². The lowest BCUT2D eigenvalue weighted by Crippen LogP contribution is -2.37. The highest BCUT2D eigenvalue weighted by atomic mass is 31.2. The van der Waals surface area contributed by atoms with Gasteiger partial charge in [-0.15, -0.1) is 0 Å². The molecule has 0 bridgehead atoms. The molecule has 0 fully saturated rings. The minimum atomic E-state index is -4.28. The van der Waals surface area contributed by atoms with Crippen molar-refractivity contribution in [1.82, 2.24) is 0 Å². The summed E-state index contributed by atoms with van der Waals surface area (Å²) in [6.07, 6.45) is 39.6. The maximum Gasteiger partial charge on any atom is 0.472 e. The molecule has 0 saturated heterocycles. The molecule has 9 heteroatoms.